The van der Waals surface area contributed by atoms with Gasteiger partial charge in [-0.1, -0.05) is 12.1 Å². The molecule has 0 atom stereocenters. The van der Waals surface area contributed by atoms with E-state index in [0.717, 1.165) is 0 Å². The van der Waals surface area contributed by atoms with Crippen molar-refractivity contribution in [2.24, 2.45) is 0 Å². The number of aromatic carboxylic acids is 1. The summed E-state index contributed by atoms with van der Waals surface area (Å²) in [5.41, 5.74) is 1.10. The van der Waals surface area contributed by atoms with Crippen LogP contribution in [0.4, 0.5) is 0 Å². The van der Waals surface area contributed by atoms with Gasteiger partial charge in [0.1, 0.15) is 6.07 Å². The molecular weight excluding hydrogens is 206 g/mol. The number of carboxylic acid groups (broad SMARTS) is 1. The zero-order valence-corrected chi connectivity index (χ0v) is 8.16. The fourth-order valence-corrected chi connectivity index (χ4v) is 1.33. The van der Waals surface area contributed by atoms with Gasteiger partial charge < -0.3 is 5.11 Å². The van der Waals surface area contributed by atoms with Crippen LogP contribution in [0.3, 0.4) is 0 Å². The van der Waals surface area contributed by atoms with E-state index in [1.54, 1.807) is 24.3 Å². The highest BCUT2D eigenvalue weighted by molar-refractivity contribution is 5.87. The average molecular weight is 213 g/mol. The molecule has 5 nitrogen and oxygen atoms in total. The van der Waals surface area contributed by atoms with Crippen molar-refractivity contribution in [3.05, 3.63) is 47.8 Å². The van der Waals surface area contributed by atoms with Gasteiger partial charge in [0.15, 0.2) is 0 Å². The molecule has 0 saturated heterocycles. The summed E-state index contributed by atoms with van der Waals surface area (Å²) < 4.78 is 1.38. The van der Waals surface area contributed by atoms with Crippen LogP contribution >= 0.6 is 0 Å². The maximum Gasteiger partial charge on any atom is 0.338 e. The fourth-order valence-electron chi connectivity index (χ4n) is 1.33. The second-order valence-corrected chi connectivity index (χ2v) is 3.11. The van der Waals surface area contributed by atoms with Crippen molar-refractivity contribution in [2.45, 2.75) is 0 Å². The van der Waals surface area contributed by atoms with E-state index >= 15 is 0 Å². The molecule has 0 fully saturated rings. The number of rotatable bonds is 2. The smallest absolute Gasteiger partial charge is 0.338 e. The van der Waals surface area contributed by atoms with Crippen molar-refractivity contribution in [2.75, 3.05) is 0 Å². The first-order valence-electron chi connectivity index (χ1n) is 4.50. The Morgan fingerprint density at radius 3 is 2.81 bits per heavy atom. The first-order chi connectivity index (χ1) is 7.72. The van der Waals surface area contributed by atoms with Gasteiger partial charge in [0.25, 0.3) is 0 Å². The summed E-state index contributed by atoms with van der Waals surface area (Å²) in [6, 6.07) is 8.88. The minimum Gasteiger partial charge on any atom is -0.478 e. The van der Waals surface area contributed by atoms with Gasteiger partial charge in [-0.05, 0) is 12.1 Å². The number of nitrogens with zero attached hydrogens (tertiary/aromatic N) is 3. The van der Waals surface area contributed by atoms with Crippen LogP contribution < -0.4 is 0 Å². The Kier molecular flexibility index (Phi) is 2.40. The quantitative estimate of drug-likeness (QED) is 0.818. The molecule has 0 aliphatic carbocycles. The second kappa shape index (κ2) is 3.87. The Morgan fingerprint density at radius 1 is 1.44 bits per heavy atom. The molecule has 0 unspecified atom stereocenters. The number of hydrogen-bond acceptors (Lipinski definition) is 3. The predicted octanol–water partition coefficient (Wildman–Crippen LogP) is 1.44. The van der Waals surface area contributed by atoms with Gasteiger partial charge in [-0.25, -0.2) is 9.48 Å². The molecule has 1 aromatic carbocycles. The lowest BCUT2D eigenvalue weighted by Gasteiger charge is -2.02. The number of hydrogen-bond donors (Lipinski definition) is 1. The van der Waals surface area contributed by atoms with Crippen molar-refractivity contribution in [1.29, 1.82) is 5.26 Å². The van der Waals surface area contributed by atoms with Gasteiger partial charge >= 0.3 is 5.97 Å². The van der Waals surface area contributed by atoms with E-state index in [1.807, 2.05) is 6.07 Å². The monoisotopic (exact) mass is 213 g/mol. The SMILES string of the molecule is N#Cc1ccccc1-n1cc(C(=O)O)cn1. The highest BCUT2D eigenvalue weighted by atomic mass is 16.4. The molecule has 0 bridgehead atoms. The van der Waals surface area contributed by atoms with Crippen molar-refractivity contribution < 1.29 is 9.90 Å². The van der Waals surface area contributed by atoms with Crippen LogP contribution in [0.2, 0.25) is 0 Å². The van der Waals surface area contributed by atoms with E-state index in [9.17, 15) is 4.79 Å². The van der Waals surface area contributed by atoms with Crippen LogP contribution in [0.15, 0.2) is 36.7 Å². The first kappa shape index (κ1) is 9.93. The average Bonchev–Trinajstić information content (AvgIpc) is 2.78. The van der Waals surface area contributed by atoms with Gasteiger partial charge in [-0.3, -0.25) is 0 Å². The number of aromatic nitrogens is 2. The van der Waals surface area contributed by atoms with Gasteiger partial charge in [0, 0.05) is 6.20 Å². The molecule has 0 radical (unpaired) electrons. The van der Waals surface area contributed by atoms with E-state index in [-0.39, 0.29) is 5.56 Å². The van der Waals surface area contributed by atoms with Crippen LogP contribution in [0.25, 0.3) is 5.69 Å². The lowest BCUT2D eigenvalue weighted by atomic mass is 10.2. The van der Waals surface area contributed by atoms with Crippen LogP contribution in [-0.4, -0.2) is 20.9 Å². The molecule has 2 rings (SSSR count). The van der Waals surface area contributed by atoms with Gasteiger partial charge in [0.2, 0.25) is 0 Å². The molecule has 5 heteroatoms. The fraction of sp³-hybridized carbons (Fsp3) is 0. The third-order valence-electron chi connectivity index (χ3n) is 2.10. The minimum absolute atomic E-state index is 0.0905. The van der Waals surface area contributed by atoms with E-state index in [4.69, 9.17) is 10.4 Å². The summed E-state index contributed by atoms with van der Waals surface area (Å²) in [5.74, 6) is -1.04. The third-order valence-corrected chi connectivity index (χ3v) is 2.10. The molecule has 1 aromatic heterocycles. The lowest BCUT2D eigenvalue weighted by molar-refractivity contribution is 0.0697. The topological polar surface area (TPSA) is 78.9 Å². The molecule has 0 saturated carbocycles. The second-order valence-electron chi connectivity index (χ2n) is 3.11. The maximum atomic E-state index is 10.7. The lowest BCUT2D eigenvalue weighted by Crippen LogP contribution is -1.98. The van der Waals surface area contributed by atoms with Crippen LogP contribution in [0.1, 0.15) is 15.9 Å². The van der Waals surface area contributed by atoms with E-state index in [1.165, 1.54) is 17.1 Å². The normalized spacial score (nSPS) is 9.69. The Labute approximate surface area is 91.2 Å². The molecule has 1 N–H and O–H groups in total. The van der Waals surface area contributed by atoms with Crippen LogP contribution in [0.5, 0.6) is 0 Å². The number of benzene rings is 1. The Morgan fingerprint density at radius 2 is 2.19 bits per heavy atom. The molecule has 16 heavy (non-hydrogen) atoms. The summed E-state index contributed by atoms with van der Waals surface area (Å²) in [6.45, 7) is 0. The van der Waals surface area contributed by atoms with Crippen LogP contribution in [-0.2, 0) is 0 Å². The standard InChI is InChI=1S/C11H7N3O2/c12-5-8-3-1-2-4-10(8)14-7-9(6-13-14)11(15)16/h1-4,6-7H,(H,15,16). The van der Waals surface area contributed by atoms with Crippen molar-refractivity contribution in [3.63, 3.8) is 0 Å². The van der Waals surface area contributed by atoms with Crippen LogP contribution in [0, 0.1) is 11.3 Å². The Hall–Kier alpha value is -2.61. The molecule has 0 aliphatic rings. The number of carboxylic acids is 1. The summed E-state index contributed by atoms with van der Waals surface area (Å²) in [5, 5.41) is 21.5. The van der Waals surface area contributed by atoms with Crippen molar-refractivity contribution >= 4 is 5.97 Å². The summed E-state index contributed by atoms with van der Waals surface area (Å²) in [7, 11) is 0. The van der Waals surface area contributed by atoms with Gasteiger partial charge in [0.05, 0.1) is 23.0 Å². The van der Waals surface area contributed by atoms with E-state index in [2.05, 4.69) is 5.10 Å². The van der Waals surface area contributed by atoms with E-state index in [0.29, 0.717) is 11.3 Å². The van der Waals surface area contributed by atoms with Crippen molar-refractivity contribution in [1.82, 2.24) is 9.78 Å². The minimum atomic E-state index is -1.04. The maximum absolute atomic E-state index is 10.7. The summed E-state index contributed by atoms with van der Waals surface area (Å²) >= 11 is 0. The number of carbonyl (C=O) groups is 1. The zero-order chi connectivity index (χ0) is 11.5. The Bertz CT molecular complexity index is 581. The predicted molar refractivity (Wildman–Crippen MR) is 55.2 cm³/mol. The van der Waals surface area contributed by atoms with Gasteiger partial charge in [-0.15, -0.1) is 0 Å². The number of para-hydroxylation sites is 1. The molecule has 1 heterocycles. The molecule has 78 valence electrons. The molecule has 0 aliphatic heterocycles. The third kappa shape index (κ3) is 1.64. The molecule has 2 aromatic rings. The van der Waals surface area contributed by atoms with Crippen molar-refractivity contribution in [3.8, 4) is 11.8 Å². The molecule has 0 spiro atoms. The summed E-state index contributed by atoms with van der Waals surface area (Å²) in [4.78, 5) is 10.7. The Balaban J connectivity index is 2.51. The summed E-state index contributed by atoms with van der Waals surface area (Å²) in [6.07, 6.45) is 2.62. The zero-order valence-electron chi connectivity index (χ0n) is 8.16. The first-order valence-corrected chi connectivity index (χ1v) is 4.50. The van der Waals surface area contributed by atoms with Gasteiger partial charge in [-0.2, -0.15) is 10.4 Å². The number of nitriles is 1. The highest BCUT2D eigenvalue weighted by Crippen LogP contribution is 2.13. The molecular formula is C11H7N3O2. The van der Waals surface area contributed by atoms with E-state index < -0.39 is 5.97 Å². The largest absolute Gasteiger partial charge is 0.478 e. The highest BCUT2D eigenvalue weighted by Gasteiger charge is 2.09. The molecule has 0 amide bonds.